The molecule has 1 atom stereocenters. The van der Waals surface area contributed by atoms with Gasteiger partial charge in [0, 0.05) is 18.5 Å². The fourth-order valence-electron chi connectivity index (χ4n) is 2.48. The Kier molecular flexibility index (Phi) is 4.74. The molecule has 0 saturated heterocycles. The lowest BCUT2D eigenvalue weighted by Gasteiger charge is -2.09. The molecule has 0 aliphatic heterocycles. The SMILES string of the molecule is C=CCCCCCC(N)c1nn(C)c2ccccc12. The Morgan fingerprint density at radius 3 is 2.89 bits per heavy atom. The molecule has 2 aromatic rings. The van der Waals surface area contributed by atoms with Gasteiger partial charge < -0.3 is 5.73 Å². The molecule has 1 unspecified atom stereocenters. The van der Waals surface area contributed by atoms with Gasteiger partial charge in [-0.25, -0.2) is 0 Å². The van der Waals surface area contributed by atoms with Crippen LogP contribution in [0.5, 0.6) is 0 Å². The van der Waals surface area contributed by atoms with Crippen LogP contribution >= 0.6 is 0 Å². The zero-order valence-electron chi connectivity index (χ0n) is 11.7. The van der Waals surface area contributed by atoms with Gasteiger partial charge >= 0.3 is 0 Å². The normalized spacial score (nSPS) is 12.7. The molecule has 1 aromatic carbocycles. The zero-order chi connectivity index (χ0) is 13.7. The summed E-state index contributed by atoms with van der Waals surface area (Å²) >= 11 is 0. The Labute approximate surface area is 115 Å². The summed E-state index contributed by atoms with van der Waals surface area (Å²) in [5.74, 6) is 0. The molecule has 3 nitrogen and oxygen atoms in total. The Morgan fingerprint density at radius 1 is 1.32 bits per heavy atom. The van der Waals surface area contributed by atoms with Crippen LogP contribution in [0.4, 0.5) is 0 Å². The lowest BCUT2D eigenvalue weighted by molar-refractivity contribution is 0.558. The predicted octanol–water partition coefficient (Wildman–Crippen LogP) is 3.71. The van der Waals surface area contributed by atoms with Crippen molar-refractivity contribution in [2.45, 2.75) is 38.1 Å². The van der Waals surface area contributed by atoms with Gasteiger partial charge in [0.1, 0.15) is 0 Å². The Hall–Kier alpha value is -1.61. The van der Waals surface area contributed by atoms with Crippen LogP contribution in [0.3, 0.4) is 0 Å². The molecule has 0 aliphatic rings. The number of nitrogens with two attached hydrogens (primary N) is 1. The highest BCUT2D eigenvalue weighted by Gasteiger charge is 2.14. The average Bonchev–Trinajstić information content (AvgIpc) is 2.76. The topological polar surface area (TPSA) is 43.8 Å². The monoisotopic (exact) mass is 257 g/mol. The maximum atomic E-state index is 6.29. The number of hydrogen-bond donors (Lipinski definition) is 1. The number of aryl methyl sites for hydroxylation is 1. The second-order valence-electron chi connectivity index (χ2n) is 5.06. The predicted molar refractivity (Wildman–Crippen MR) is 80.9 cm³/mol. The van der Waals surface area contributed by atoms with Crippen molar-refractivity contribution in [1.82, 2.24) is 9.78 Å². The van der Waals surface area contributed by atoms with E-state index >= 15 is 0 Å². The molecule has 1 heterocycles. The summed E-state index contributed by atoms with van der Waals surface area (Å²) in [4.78, 5) is 0. The average molecular weight is 257 g/mol. The van der Waals surface area contributed by atoms with Crippen LogP contribution in [0.15, 0.2) is 36.9 Å². The molecule has 0 spiro atoms. The lowest BCUT2D eigenvalue weighted by atomic mass is 10.0. The van der Waals surface area contributed by atoms with Gasteiger partial charge in [0.05, 0.1) is 11.2 Å². The standard InChI is InChI=1S/C16H23N3/c1-3-4-5-6-7-11-14(17)16-13-10-8-9-12-15(13)19(2)18-16/h3,8-10,12,14H,1,4-7,11,17H2,2H3. The first-order chi connectivity index (χ1) is 9.24. The van der Waals surface area contributed by atoms with Crippen molar-refractivity contribution in [3.05, 3.63) is 42.6 Å². The van der Waals surface area contributed by atoms with E-state index in [1.807, 2.05) is 29.9 Å². The minimum atomic E-state index is 0.0369. The first-order valence-electron chi connectivity index (χ1n) is 7.02. The van der Waals surface area contributed by atoms with Crippen LogP contribution in [-0.2, 0) is 7.05 Å². The maximum absolute atomic E-state index is 6.29. The van der Waals surface area contributed by atoms with Crippen molar-refractivity contribution >= 4 is 10.9 Å². The van der Waals surface area contributed by atoms with Gasteiger partial charge in [-0.05, 0) is 25.3 Å². The van der Waals surface area contributed by atoms with E-state index in [-0.39, 0.29) is 6.04 Å². The van der Waals surface area contributed by atoms with Gasteiger partial charge in [0.2, 0.25) is 0 Å². The molecule has 3 heteroatoms. The first-order valence-corrected chi connectivity index (χ1v) is 7.02. The molecular formula is C16H23N3. The van der Waals surface area contributed by atoms with Gasteiger partial charge in [-0.15, -0.1) is 6.58 Å². The summed E-state index contributed by atoms with van der Waals surface area (Å²) in [5, 5.41) is 5.76. The summed E-state index contributed by atoms with van der Waals surface area (Å²) in [6.07, 6.45) is 7.65. The zero-order valence-corrected chi connectivity index (χ0v) is 11.7. The van der Waals surface area contributed by atoms with E-state index in [4.69, 9.17) is 5.73 Å². The van der Waals surface area contributed by atoms with Crippen LogP contribution in [0, 0.1) is 0 Å². The van der Waals surface area contributed by atoms with Gasteiger partial charge in [0.15, 0.2) is 0 Å². The van der Waals surface area contributed by atoms with E-state index in [1.54, 1.807) is 0 Å². The highest BCUT2D eigenvalue weighted by molar-refractivity contribution is 5.82. The second-order valence-corrected chi connectivity index (χ2v) is 5.06. The van der Waals surface area contributed by atoms with Crippen molar-refractivity contribution in [3.8, 4) is 0 Å². The maximum Gasteiger partial charge on any atom is 0.0870 e. The molecular weight excluding hydrogens is 234 g/mol. The van der Waals surface area contributed by atoms with E-state index in [0.717, 1.165) is 30.5 Å². The fraction of sp³-hybridized carbons (Fsp3) is 0.438. The number of aromatic nitrogens is 2. The van der Waals surface area contributed by atoms with Gasteiger partial charge in [-0.1, -0.05) is 37.1 Å². The quantitative estimate of drug-likeness (QED) is 0.607. The summed E-state index contributed by atoms with van der Waals surface area (Å²) in [5.41, 5.74) is 8.48. The molecule has 1 aromatic heterocycles. The molecule has 102 valence electrons. The van der Waals surface area contributed by atoms with Crippen LogP contribution in [0.1, 0.15) is 43.8 Å². The lowest BCUT2D eigenvalue weighted by Crippen LogP contribution is -2.11. The van der Waals surface area contributed by atoms with E-state index in [2.05, 4.69) is 23.8 Å². The molecule has 0 radical (unpaired) electrons. The molecule has 0 bridgehead atoms. The smallest absolute Gasteiger partial charge is 0.0870 e. The highest BCUT2D eigenvalue weighted by atomic mass is 15.3. The number of allylic oxidation sites excluding steroid dienone is 1. The summed E-state index contributed by atoms with van der Waals surface area (Å²) in [6.45, 7) is 3.74. The second kappa shape index (κ2) is 6.53. The molecule has 0 amide bonds. The van der Waals surface area contributed by atoms with Crippen LogP contribution in [0.2, 0.25) is 0 Å². The molecule has 0 aliphatic carbocycles. The van der Waals surface area contributed by atoms with Gasteiger partial charge in [-0.3, -0.25) is 4.68 Å². The van der Waals surface area contributed by atoms with Gasteiger partial charge in [-0.2, -0.15) is 5.10 Å². The highest BCUT2D eigenvalue weighted by Crippen LogP contribution is 2.25. The Balaban J connectivity index is 2.01. The number of nitrogens with zero attached hydrogens (tertiary/aromatic N) is 2. The first kappa shape index (κ1) is 13.8. The van der Waals surface area contributed by atoms with Crippen LogP contribution < -0.4 is 5.73 Å². The van der Waals surface area contributed by atoms with Crippen molar-refractivity contribution in [2.24, 2.45) is 12.8 Å². The number of benzene rings is 1. The summed E-state index contributed by atoms with van der Waals surface area (Å²) in [7, 11) is 1.97. The van der Waals surface area contributed by atoms with E-state index in [0.29, 0.717) is 0 Å². The third-order valence-corrected chi connectivity index (χ3v) is 3.56. The van der Waals surface area contributed by atoms with E-state index in [9.17, 15) is 0 Å². The number of para-hydroxylation sites is 1. The fourth-order valence-corrected chi connectivity index (χ4v) is 2.48. The van der Waals surface area contributed by atoms with E-state index < -0.39 is 0 Å². The van der Waals surface area contributed by atoms with Crippen molar-refractivity contribution in [2.75, 3.05) is 0 Å². The molecule has 2 rings (SSSR count). The number of hydrogen-bond acceptors (Lipinski definition) is 2. The third kappa shape index (κ3) is 3.24. The number of unbranched alkanes of at least 4 members (excludes halogenated alkanes) is 3. The molecule has 19 heavy (non-hydrogen) atoms. The molecule has 0 saturated carbocycles. The van der Waals surface area contributed by atoms with E-state index in [1.165, 1.54) is 18.2 Å². The minimum Gasteiger partial charge on any atom is -0.323 e. The van der Waals surface area contributed by atoms with Crippen LogP contribution in [-0.4, -0.2) is 9.78 Å². The summed E-state index contributed by atoms with van der Waals surface area (Å²) in [6, 6.07) is 8.31. The van der Waals surface area contributed by atoms with Crippen molar-refractivity contribution in [1.29, 1.82) is 0 Å². The molecule has 0 fully saturated rings. The minimum absolute atomic E-state index is 0.0369. The molecule has 2 N–H and O–H groups in total. The third-order valence-electron chi connectivity index (χ3n) is 3.56. The van der Waals surface area contributed by atoms with Crippen LogP contribution in [0.25, 0.3) is 10.9 Å². The summed E-state index contributed by atoms with van der Waals surface area (Å²) < 4.78 is 1.92. The Bertz CT molecular complexity index is 542. The number of rotatable bonds is 7. The van der Waals surface area contributed by atoms with Crippen molar-refractivity contribution < 1.29 is 0 Å². The van der Waals surface area contributed by atoms with Gasteiger partial charge in [0.25, 0.3) is 0 Å². The largest absolute Gasteiger partial charge is 0.323 e. The Morgan fingerprint density at radius 2 is 2.11 bits per heavy atom. The van der Waals surface area contributed by atoms with Crippen molar-refractivity contribution in [3.63, 3.8) is 0 Å². The number of fused-ring (bicyclic) bond motifs is 1.